The van der Waals surface area contributed by atoms with Crippen molar-refractivity contribution in [3.05, 3.63) is 28.2 Å². The summed E-state index contributed by atoms with van der Waals surface area (Å²) in [4.78, 5) is 16.5. The number of aryl methyl sites for hydroxylation is 1. The molecule has 0 saturated carbocycles. The highest BCUT2D eigenvalue weighted by Gasteiger charge is 2.21. The van der Waals surface area contributed by atoms with E-state index in [2.05, 4.69) is 26.1 Å². The first-order chi connectivity index (χ1) is 10.1. The number of anilines is 1. The predicted octanol–water partition coefficient (Wildman–Crippen LogP) is 2.55. The molecule has 1 aliphatic heterocycles. The van der Waals surface area contributed by atoms with Crippen LogP contribution >= 0.6 is 15.9 Å². The smallest absolute Gasteiger partial charge is 0.321 e. The Kier molecular flexibility index (Phi) is 6.02. The van der Waals surface area contributed by atoms with Gasteiger partial charge in [0.2, 0.25) is 0 Å². The molecule has 5 nitrogen and oxygen atoms in total. The van der Waals surface area contributed by atoms with E-state index in [4.69, 9.17) is 4.74 Å². The summed E-state index contributed by atoms with van der Waals surface area (Å²) in [6.45, 7) is 6.97. The molecule has 0 atom stereocenters. The number of amides is 2. The van der Waals surface area contributed by atoms with Crippen LogP contribution in [0.1, 0.15) is 5.56 Å². The van der Waals surface area contributed by atoms with E-state index in [-0.39, 0.29) is 6.03 Å². The Balaban J connectivity index is 1.84. The van der Waals surface area contributed by atoms with Gasteiger partial charge in [0.05, 0.1) is 6.61 Å². The van der Waals surface area contributed by atoms with Crippen LogP contribution in [0.25, 0.3) is 0 Å². The number of methoxy groups -OCH3 is 1. The summed E-state index contributed by atoms with van der Waals surface area (Å²) < 4.78 is 6.10. The van der Waals surface area contributed by atoms with Gasteiger partial charge in [0.15, 0.2) is 0 Å². The van der Waals surface area contributed by atoms with Crippen molar-refractivity contribution >= 4 is 27.6 Å². The number of nitrogens with one attached hydrogen (secondary N) is 1. The molecule has 0 unspecified atom stereocenters. The molecule has 0 radical (unpaired) electrons. The van der Waals surface area contributed by atoms with Gasteiger partial charge in [-0.1, -0.05) is 15.9 Å². The fraction of sp³-hybridized carbons (Fsp3) is 0.533. The van der Waals surface area contributed by atoms with Crippen LogP contribution in [-0.4, -0.2) is 62.3 Å². The Morgan fingerprint density at radius 1 is 1.33 bits per heavy atom. The standard InChI is InChI=1S/C15H22BrN3O2/c1-12-11-13(16)3-4-14(12)17-15(20)19-7-5-18(6-8-19)9-10-21-2/h3-4,11H,5-10H2,1-2H3,(H,17,20). The average molecular weight is 356 g/mol. The summed E-state index contributed by atoms with van der Waals surface area (Å²) in [7, 11) is 1.71. The number of halogens is 1. The number of urea groups is 1. The van der Waals surface area contributed by atoms with E-state index in [1.807, 2.05) is 30.0 Å². The van der Waals surface area contributed by atoms with Gasteiger partial charge in [0, 0.05) is 50.0 Å². The summed E-state index contributed by atoms with van der Waals surface area (Å²) in [5.41, 5.74) is 1.92. The molecule has 2 amide bonds. The predicted molar refractivity (Wildman–Crippen MR) is 87.8 cm³/mol. The highest BCUT2D eigenvalue weighted by atomic mass is 79.9. The van der Waals surface area contributed by atoms with Crippen molar-refractivity contribution in [3.8, 4) is 0 Å². The highest BCUT2D eigenvalue weighted by Crippen LogP contribution is 2.20. The largest absolute Gasteiger partial charge is 0.383 e. The van der Waals surface area contributed by atoms with Crippen LogP contribution in [-0.2, 0) is 4.74 Å². The van der Waals surface area contributed by atoms with Gasteiger partial charge in [-0.3, -0.25) is 4.90 Å². The van der Waals surface area contributed by atoms with Crippen molar-refractivity contribution < 1.29 is 9.53 Å². The van der Waals surface area contributed by atoms with Gasteiger partial charge < -0.3 is 15.0 Å². The van der Waals surface area contributed by atoms with Gasteiger partial charge in [0.1, 0.15) is 0 Å². The zero-order valence-electron chi connectivity index (χ0n) is 12.6. The van der Waals surface area contributed by atoms with Crippen molar-refractivity contribution in [3.63, 3.8) is 0 Å². The maximum absolute atomic E-state index is 12.3. The van der Waals surface area contributed by atoms with Gasteiger partial charge in [-0.15, -0.1) is 0 Å². The molecule has 2 rings (SSSR count). The zero-order chi connectivity index (χ0) is 15.2. The molecule has 1 heterocycles. The fourth-order valence-electron chi connectivity index (χ4n) is 2.36. The molecule has 0 aromatic heterocycles. The lowest BCUT2D eigenvalue weighted by Crippen LogP contribution is -2.50. The van der Waals surface area contributed by atoms with Crippen LogP contribution in [0.2, 0.25) is 0 Å². The molecule has 1 aliphatic rings. The molecule has 1 saturated heterocycles. The number of benzene rings is 1. The molecular formula is C15H22BrN3O2. The Hall–Kier alpha value is -1.11. The maximum Gasteiger partial charge on any atom is 0.321 e. The van der Waals surface area contributed by atoms with E-state index in [9.17, 15) is 4.79 Å². The van der Waals surface area contributed by atoms with Crippen molar-refractivity contribution in [1.29, 1.82) is 0 Å². The van der Waals surface area contributed by atoms with Gasteiger partial charge in [-0.25, -0.2) is 4.79 Å². The monoisotopic (exact) mass is 355 g/mol. The third-order valence-corrected chi connectivity index (χ3v) is 4.19. The van der Waals surface area contributed by atoms with Crippen LogP contribution in [0.15, 0.2) is 22.7 Å². The lowest BCUT2D eigenvalue weighted by molar-refractivity contribution is 0.109. The summed E-state index contributed by atoms with van der Waals surface area (Å²) in [5, 5.41) is 2.99. The Morgan fingerprint density at radius 2 is 2.05 bits per heavy atom. The van der Waals surface area contributed by atoms with Gasteiger partial charge in [0.25, 0.3) is 0 Å². The summed E-state index contributed by atoms with van der Waals surface area (Å²) in [5.74, 6) is 0. The summed E-state index contributed by atoms with van der Waals surface area (Å²) in [6, 6.07) is 5.84. The van der Waals surface area contributed by atoms with Gasteiger partial charge in [-0.2, -0.15) is 0 Å². The van der Waals surface area contributed by atoms with E-state index < -0.39 is 0 Å². The first kappa shape index (κ1) is 16.3. The van der Waals surface area contributed by atoms with Crippen molar-refractivity contribution in [2.24, 2.45) is 0 Å². The van der Waals surface area contributed by atoms with E-state index in [0.717, 1.165) is 55.1 Å². The van der Waals surface area contributed by atoms with Crippen molar-refractivity contribution in [2.45, 2.75) is 6.92 Å². The van der Waals surface area contributed by atoms with E-state index in [1.165, 1.54) is 0 Å². The minimum Gasteiger partial charge on any atom is -0.383 e. The van der Waals surface area contributed by atoms with Crippen molar-refractivity contribution in [1.82, 2.24) is 9.80 Å². The molecule has 0 aliphatic carbocycles. The normalized spacial score (nSPS) is 16.0. The quantitative estimate of drug-likeness (QED) is 0.902. The third-order valence-electron chi connectivity index (χ3n) is 3.70. The molecule has 1 fully saturated rings. The molecule has 0 spiro atoms. The second kappa shape index (κ2) is 7.77. The first-order valence-electron chi connectivity index (χ1n) is 7.13. The number of rotatable bonds is 4. The van der Waals surface area contributed by atoms with Crippen LogP contribution in [0.5, 0.6) is 0 Å². The summed E-state index contributed by atoms with van der Waals surface area (Å²) in [6.07, 6.45) is 0. The minimum absolute atomic E-state index is 0.0215. The molecule has 116 valence electrons. The number of hydrogen-bond donors (Lipinski definition) is 1. The van der Waals surface area contributed by atoms with Gasteiger partial charge in [-0.05, 0) is 30.7 Å². The molecule has 1 aromatic carbocycles. The van der Waals surface area contributed by atoms with Crippen molar-refractivity contribution in [2.75, 3.05) is 51.8 Å². The van der Waals surface area contributed by atoms with E-state index in [0.29, 0.717) is 0 Å². The SMILES string of the molecule is COCCN1CCN(C(=O)Nc2ccc(Br)cc2C)CC1. The lowest BCUT2D eigenvalue weighted by atomic mass is 10.2. The number of ether oxygens (including phenoxy) is 1. The topological polar surface area (TPSA) is 44.8 Å². The summed E-state index contributed by atoms with van der Waals surface area (Å²) >= 11 is 3.43. The molecule has 6 heteroatoms. The Labute approximate surface area is 134 Å². The molecule has 0 bridgehead atoms. The lowest BCUT2D eigenvalue weighted by Gasteiger charge is -2.34. The van der Waals surface area contributed by atoms with E-state index >= 15 is 0 Å². The van der Waals surface area contributed by atoms with Crippen LogP contribution in [0.4, 0.5) is 10.5 Å². The highest BCUT2D eigenvalue weighted by molar-refractivity contribution is 9.10. The van der Waals surface area contributed by atoms with Crippen LogP contribution in [0.3, 0.4) is 0 Å². The molecular weight excluding hydrogens is 334 g/mol. The Bertz CT molecular complexity index is 488. The maximum atomic E-state index is 12.3. The minimum atomic E-state index is -0.0215. The zero-order valence-corrected chi connectivity index (χ0v) is 14.1. The number of piperazine rings is 1. The fourth-order valence-corrected chi connectivity index (χ4v) is 2.83. The van der Waals surface area contributed by atoms with Crippen LogP contribution in [0, 0.1) is 6.92 Å². The first-order valence-corrected chi connectivity index (χ1v) is 7.93. The number of carbonyl (C=O) groups excluding carboxylic acids is 1. The Morgan fingerprint density at radius 3 is 2.67 bits per heavy atom. The second-order valence-electron chi connectivity index (χ2n) is 5.21. The number of nitrogens with zero attached hydrogens (tertiary/aromatic N) is 2. The molecule has 1 aromatic rings. The van der Waals surface area contributed by atoms with Gasteiger partial charge >= 0.3 is 6.03 Å². The van der Waals surface area contributed by atoms with E-state index in [1.54, 1.807) is 7.11 Å². The number of carbonyl (C=O) groups is 1. The number of hydrogen-bond acceptors (Lipinski definition) is 3. The third kappa shape index (κ3) is 4.69. The second-order valence-corrected chi connectivity index (χ2v) is 6.13. The molecule has 21 heavy (non-hydrogen) atoms. The molecule has 1 N–H and O–H groups in total. The average Bonchev–Trinajstić information content (AvgIpc) is 2.48. The van der Waals surface area contributed by atoms with Crippen LogP contribution < -0.4 is 5.32 Å².